The van der Waals surface area contributed by atoms with E-state index in [1.54, 1.807) is 0 Å². The van der Waals surface area contributed by atoms with Crippen LogP contribution < -0.4 is 5.32 Å². The first-order valence-electron chi connectivity index (χ1n) is 6.80. The van der Waals surface area contributed by atoms with Crippen LogP contribution in [0.4, 0.5) is 0 Å². The van der Waals surface area contributed by atoms with Gasteiger partial charge in [0.2, 0.25) is 0 Å². The molecular weight excluding hydrogens is 254 g/mol. The van der Waals surface area contributed by atoms with Crippen LogP contribution in [0.3, 0.4) is 0 Å². The average molecular weight is 274 g/mol. The van der Waals surface area contributed by atoms with Crippen LogP contribution in [0.2, 0.25) is 5.02 Å². The first kappa shape index (κ1) is 14.1. The Hall–Kier alpha value is -1.31. The average Bonchev–Trinajstić information content (AvgIpc) is 2.46. The number of hydrogen-bond acceptors (Lipinski definition) is 1. The van der Waals surface area contributed by atoms with E-state index in [9.17, 15) is 0 Å². The highest BCUT2D eigenvalue weighted by atomic mass is 35.5. The molecule has 2 aromatic rings. The monoisotopic (exact) mass is 273 g/mol. The van der Waals surface area contributed by atoms with E-state index in [0.717, 1.165) is 18.0 Å². The van der Waals surface area contributed by atoms with Gasteiger partial charge in [-0.05, 0) is 48.7 Å². The molecule has 2 rings (SSSR count). The van der Waals surface area contributed by atoms with Crippen molar-refractivity contribution in [2.24, 2.45) is 0 Å². The molecule has 0 aliphatic rings. The summed E-state index contributed by atoms with van der Waals surface area (Å²) in [6, 6.07) is 17.1. The SMILES string of the molecule is CCCNC(C)c1ccc(-c2ccc(Cl)cc2)cc1. The van der Waals surface area contributed by atoms with E-state index < -0.39 is 0 Å². The van der Waals surface area contributed by atoms with Gasteiger partial charge in [0.25, 0.3) is 0 Å². The third-order valence-corrected chi connectivity index (χ3v) is 3.54. The minimum absolute atomic E-state index is 0.402. The van der Waals surface area contributed by atoms with Crippen LogP contribution in [-0.4, -0.2) is 6.54 Å². The zero-order chi connectivity index (χ0) is 13.7. The molecule has 0 aliphatic heterocycles. The van der Waals surface area contributed by atoms with E-state index in [1.807, 2.05) is 12.1 Å². The summed E-state index contributed by atoms with van der Waals surface area (Å²) in [5.74, 6) is 0. The predicted molar refractivity (Wildman–Crippen MR) is 83.6 cm³/mol. The second-order valence-corrected chi connectivity index (χ2v) is 5.24. The van der Waals surface area contributed by atoms with Gasteiger partial charge in [0, 0.05) is 11.1 Å². The molecule has 100 valence electrons. The summed E-state index contributed by atoms with van der Waals surface area (Å²) in [4.78, 5) is 0. The fraction of sp³-hybridized carbons (Fsp3) is 0.294. The Balaban J connectivity index is 2.11. The molecule has 0 saturated carbocycles. The maximum Gasteiger partial charge on any atom is 0.0406 e. The third kappa shape index (κ3) is 3.82. The van der Waals surface area contributed by atoms with Crippen molar-refractivity contribution in [2.75, 3.05) is 6.54 Å². The molecule has 0 bridgehead atoms. The zero-order valence-electron chi connectivity index (χ0n) is 11.5. The summed E-state index contributed by atoms with van der Waals surface area (Å²) >= 11 is 5.91. The molecule has 1 atom stereocenters. The van der Waals surface area contributed by atoms with Crippen molar-refractivity contribution in [3.8, 4) is 11.1 Å². The normalized spacial score (nSPS) is 12.4. The van der Waals surface area contributed by atoms with Gasteiger partial charge in [-0.3, -0.25) is 0 Å². The van der Waals surface area contributed by atoms with Crippen molar-refractivity contribution in [3.63, 3.8) is 0 Å². The van der Waals surface area contributed by atoms with Gasteiger partial charge in [-0.1, -0.05) is 54.9 Å². The molecule has 19 heavy (non-hydrogen) atoms. The number of benzene rings is 2. The van der Waals surface area contributed by atoms with Crippen molar-refractivity contribution in [1.82, 2.24) is 5.32 Å². The molecule has 0 amide bonds. The van der Waals surface area contributed by atoms with Crippen LogP contribution in [0.1, 0.15) is 31.9 Å². The lowest BCUT2D eigenvalue weighted by molar-refractivity contribution is 0.571. The van der Waals surface area contributed by atoms with Crippen LogP contribution in [0.5, 0.6) is 0 Å². The van der Waals surface area contributed by atoms with E-state index in [1.165, 1.54) is 16.7 Å². The number of rotatable bonds is 5. The second-order valence-electron chi connectivity index (χ2n) is 4.80. The molecule has 1 unspecified atom stereocenters. The fourth-order valence-electron chi connectivity index (χ4n) is 2.09. The molecular formula is C17H20ClN. The number of hydrogen-bond donors (Lipinski definition) is 1. The van der Waals surface area contributed by atoms with Gasteiger partial charge in [0.05, 0.1) is 0 Å². The highest BCUT2D eigenvalue weighted by Crippen LogP contribution is 2.23. The largest absolute Gasteiger partial charge is 0.310 e. The Kier molecular flexibility index (Phi) is 5.00. The minimum Gasteiger partial charge on any atom is -0.310 e. The van der Waals surface area contributed by atoms with Gasteiger partial charge in [-0.2, -0.15) is 0 Å². The standard InChI is InChI=1S/C17H20ClN/c1-3-12-19-13(2)14-4-6-15(7-5-14)16-8-10-17(18)11-9-16/h4-11,13,19H,3,12H2,1-2H3. The summed E-state index contributed by atoms with van der Waals surface area (Å²) in [5.41, 5.74) is 3.75. The number of nitrogens with one attached hydrogen (secondary N) is 1. The molecule has 0 spiro atoms. The molecule has 0 radical (unpaired) electrons. The summed E-state index contributed by atoms with van der Waals surface area (Å²) in [5, 5.41) is 4.27. The van der Waals surface area contributed by atoms with Gasteiger partial charge in [0.15, 0.2) is 0 Å². The zero-order valence-corrected chi connectivity index (χ0v) is 12.2. The van der Waals surface area contributed by atoms with Crippen molar-refractivity contribution in [1.29, 1.82) is 0 Å². The fourth-order valence-corrected chi connectivity index (χ4v) is 2.21. The lowest BCUT2D eigenvalue weighted by Gasteiger charge is -2.14. The van der Waals surface area contributed by atoms with Crippen molar-refractivity contribution in [2.45, 2.75) is 26.3 Å². The predicted octanol–water partition coefficient (Wildman–Crippen LogP) is 5.07. The Labute approximate surface area is 120 Å². The smallest absolute Gasteiger partial charge is 0.0406 e. The quantitative estimate of drug-likeness (QED) is 0.802. The van der Waals surface area contributed by atoms with Gasteiger partial charge in [-0.25, -0.2) is 0 Å². The molecule has 0 fully saturated rings. The minimum atomic E-state index is 0.402. The van der Waals surface area contributed by atoms with Crippen molar-refractivity contribution < 1.29 is 0 Å². The van der Waals surface area contributed by atoms with Crippen LogP contribution in [0, 0.1) is 0 Å². The van der Waals surface area contributed by atoms with E-state index >= 15 is 0 Å². The first-order chi connectivity index (χ1) is 9.20. The topological polar surface area (TPSA) is 12.0 Å². The van der Waals surface area contributed by atoms with Crippen molar-refractivity contribution >= 4 is 11.6 Å². The molecule has 1 nitrogen and oxygen atoms in total. The van der Waals surface area contributed by atoms with Crippen LogP contribution in [0.15, 0.2) is 48.5 Å². The molecule has 0 heterocycles. The first-order valence-corrected chi connectivity index (χ1v) is 7.18. The highest BCUT2D eigenvalue weighted by Gasteiger charge is 2.04. The lowest BCUT2D eigenvalue weighted by Crippen LogP contribution is -2.19. The molecule has 0 aromatic heterocycles. The maximum atomic E-state index is 5.91. The van der Waals surface area contributed by atoms with Crippen LogP contribution in [0.25, 0.3) is 11.1 Å². The Morgan fingerprint density at radius 2 is 1.47 bits per heavy atom. The van der Waals surface area contributed by atoms with E-state index in [2.05, 4.69) is 55.6 Å². The summed E-state index contributed by atoms with van der Waals surface area (Å²) in [6.07, 6.45) is 1.16. The Morgan fingerprint density at radius 3 is 2.00 bits per heavy atom. The molecule has 1 N–H and O–H groups in total. The van der Waals surface area contributed by atoms with Crippen LogP contribution >= 0.6 is 11.6 Å². The van der Waals surface area contributed by atoms with Crippen LogP contribution in [-0.2, 0) is 0 Å². The second kappa shape index (κ2) is 6.74. The molecule has 2 heteroatoms. The van der Waals surface area contributed by atoms with E-state index in [-0.39, 0.29) is 0 Å². The van der Waals surface area contributed by atoms with Gasteiger partial charge in [-0.15, -0.1) is 0 Å². The highest BCUT2D eigenvalue weighted by molar-refractivity contribution is 6.30. The van der Waals surface area contributed by atoms with Gasteiger partial charge < -0.3 is 5.32 Å². The summed E-state index contributed by atoms with van der Waals surface area (Å²) in [6.45, 7) is 5.44. The summed E-state index contributed by atoms with van der Waals surface area (Å²) < 4.78 is 0. The Morgan fingerprint density at radius 1 is 0.947 bits per heavy atom. The Bertz CT molecular complexity index is 502. The van der Waals surface area contributed by atoms with Gasteiger partial charge >= 0.3 is 0 Å². The molecule has 0 aliphatic carbocycles. The van der Waals surface area contributed by atoms with Gasteiger partial charge in [0.1, 0.15) is 0 Å². The molecule has 2 aromatic carbocycles. The number of halogens is 1. The maximum absolute atomic E-state index is 5.91. The summed E-state index contributed by atoms with van der Waals surface area (Å²) in [7, 11) is 0. The van der Waals surface area contributed by atoms with E-state index in [4.69, 9.17) is 11.6 Å². The molecule has 0 saturated heterocycles. The third-order valence-electron chi connectivity index (χ3n) is 3.29. The van der Waals surface area contributed by atoms with Crippen molar-refractivity contribution in [3.05, 3.63) is 59.1 Å². The lowest BCUT2D eigenvalue weighted by atomic mass is 10.0. The van der Waals surface area contributed by atoms with E-state index in [0.29, 0.717) is 6.04 Å².